The molecule has 1 saturated heterocycles. The van der Waals surface area contributed by atoms with E-state index in [1.54, 1.807) is 7.11 Å². The van der Waals surface area contributed by atoms with Gasteiger partial charge in [0.05, 0.1) is 12.7 Å². The molecule has 1 aliphatic rings. The number of nitrogens with one attached hydrogen (secondary N) is 1. The zero-order valence-electron chi connectivity index (χ0n) is 11.1. The highest BCUT2D eigenvalue weighted by Crippen LogP contribution is 2.23. The molecular weight excluding hydrogens is 310 g/mol. The molecule has 1 aromatic carbocycles. The quantitative estimate of drug-likeness (QED) is 0.868. The summed E-state index contributed by atoms with van der Waals surface area (Å²) in [5.74, 6) is 0.856. The second-order valence-electron chi connectivity index (χ2n) is 4.90. The second-order valence-corrected chi connectivity index (χ2v) is 5.81. The van der Waals surface area contributed by atoms with Crippen LogP contribution >= 0.6 is 15.9 Å². The highest BCUT2D eigenvalue weighted by molar-refractivity contribution is 9.10. The van der Waals surface area contributed by atoms with Gasteiger partial charge in [0.1, 0.15) is 5.75 Å². The minimum absolute atomic E-state index is 0.575. The van der Waals surface area contributed by atoms with Crippen molar-refractivity contribution in [2.24, 2.45) is 0 Å². The number of rotatable bonds is 5. The van der Waals surface area contributed by atoms with Gasteiger partial charge in [-0.2, -0.15) is 0 Å². The SMILES string of the molecule is COc1ccc(Br)cc1CNCC1(O)CCOCC1. The minimum atomic E-state index is -0.641. The van der Waals surface area contributed by atoms with Gasteiger partial charge in [-0.1, -0.05) is 15.9 Å². The highest BCUT2D eigenvalue weighted by Gasteiger charge is 2.29. The summed E-state index contributed by atoms with van der Waals surface area (Å²) in [4.78, 5) is 0. The van der Waals surface area contributed by atoms with Crippen LogP contribution in [0.25, 0.3) is 0 Å². The van der Waals surface area contributed by atoms with E-state index in [2.05, 4.69) is 21.2 Å². The van der Waals surface area contributed by atoms with Crippen molar-refractivity contribution in [1.29, 1.82) is 0 Å². The van der Waals surface area contributed by atoms with Gasteiger partial charge in [0.15, 0.2) is 0 Å². The molecule has 1 heterocycles. The molecule has 1 aliphatic heterocycles. The molecule has 2 N–H and O–H groups in total. The monoisotopic (exact) mass is 329 g/mol. The fourth-order valence-electron chi connectivity index (χ4n) is 2.24. The van der Waals surface area contributed by atoms with Crippen molar-refractivity contribution in [2.75, 3.05) is 26.9 Å². The van der Waals surface area contributed by atoms with Crippen LogP contribution in [0.1, 0.15) is 18.4 Å². The third kappa shape index (κ3) is 4.18. The standard InChI is InChI=1S/C14H20BrNO3/c1-18-13-3-2-12(15)8-11(13)9-16-10-14(17)4-6-19-7-5-14/h2-3,8,16-17H,4-7,9-10H2,1H3. The summed E-state index contributed by atoms with van der Waals surface area (Å²) in [7, 11) is 1.67. The number of aliphatic hydroxyl groups is 1. The lowest BCUT2D eigenvalue weighted by molar-refractivity contribution is -0.0617. The molecule has 0 unspecified atom stereocenters. The zero-order chi connectivity index (χ0) is 13.7. The lowest BCUT2D eigenvalue weighted by Gasteiger charge is -2.32. The Hall–Kier alpha value is -0.620. The molecule has 4 nitrogen and oxygen atoms in total. The Morgan fingerprint density at radius 1 is 1.42 bits per heavy atom. The van der Waals surface area contributed by atoms with Gasteiger partial charge in [0.25, 0.3) is 0 Å². The molecule has 2 rings (SSSR count). The molecule has 0 spiro atoms. The predicted molar refractivity (Wildman–Crippen MR) is 77.4 cm³/mol. The van der Waals surface area contributed by atoms with Gasteiger partial charge in [-0.3, -0.25) is 0 Å². The van der Waals surface area contributed by atoms with Gasteiger partial charge in [-0.25, -0.2) is 0 Å². The van der Waals surface area contributed by atoms with Crippen molar-refractivity contribution in [3.05, 3.63) is 28.2 Å². The molecule has 1 aromatic rings. The molecule has 0 aromatic heterocycles. The van der Waals surface area contributed by atoms with Crippen molar-refractivity contribution in [3.63, 3.8) is 0 Å². The van der Waals surface area contributed by atoms with E-state index in [-0.39, 0.29) is 0 Å². The first-order chi connectivity index (χ1) is 9.13. The Morgan fingerprint density at radius 3 is 2.84 bits per heavy atom. The van der Waals surface area contributed by atoms with Gasteiger partial charge in [0.2, 0.25) is 0 Å². The van der Waals surface area contributed by atoms with Crippen LogP contribution in [-0.4, -0.2) is 37.6 Å². The number of ether oxygens (including phenoxy) is 2. The topological polar surface area (TPSA) is 50.7 Å². The van der Waals surface area contributed by atoms with Crippen molar-refractivity contribution in [3.8, 4) is 5.75 Å². The fraction of sp³-hybridized carbons (Fsp3) is 0.571. The fourth-order valence-corrected chi connectivity index (χ4v) is 2.65. The Balaban J connectivity index is 1.90. The Morgan fingerprint density at radius 2 is 2.16 bits per heavy atom. The van der Waals surface area contributed by atoms with Crippen LogP contribution in [0.5, 0.6) is 5.75 Å². The van der Waals surface area contributed by atoms with Crippen molar-refractivity contribution >= 4 is 15.9 Å². The van der Waals surface area contributed by atoms with Crippen LogP contribution in [0, 0.1) is 0 Å². The molecule has 0 aliphatic carbocycles. The largest absolute Gasteiger partial charge is 0.496 e. The minimum Gasteiger partial charge on any atom is -0.496 e. The van der Waals surface area contributed by atoms with Crippen LogP contribution in [0.3, 0.4) is 0 Å². The van der Waals surface area contributed by atoms with E-state index in [1.807, 2.05) is 18.2 Å². The average Bonchev–Trinajstić information content (AvgIpc) is 2.40. The summed E-state index contributed by atoms with van der Waals surface area (Å²) in [5.41, 5.74) is 0.435. The van der Waals surface area contributed by atoms with Crippen molar-refractivity contribution in [2.45, 2.75) is 25.0 Å². The van der Waals surface area contributed by atoms with E-state index in [9.17, 15) is 5.11 Å². The first-order valence-electron chi connectivity index (χ1n) is 6.46. The molecule has 0 amide bonds. The summed E-state index contributed by atoms with van der Waals surface area (Å²) < 4.78 is 11.6. The number of methoxy groups -OCH3 is 1. The first kappa shape index (κ1) is 14.8. The summed E-state index contributed by atoms with van der Waals surface area (Å²) in [6.07, 6.45) is 1.38. The molecule has 5 heteroatoms. The van der Waals surface area contributed by atoms with Gasteiger partial charge in [0, 0.05) is 49.2 Å². The smallest absolute Gasteiger partial charge is 0.123 e. The lowest BCUT2D eigenvalue weighted by atomic mass is 9.94. The van der Waals surface area contributed by atoms with Crippen LogP contribution in [-0.2, 0) is 11.3 Å². The van der Waals surface area contributed by atoms with Gasteiger partial charge in [-0.15, -0.1) is 0 Å². The third-order valence-corrected chi connectivity index (χ3v) is 3.93. The van der Waals surface area contributed by atoms with E-state index >= 15 is 0 Å². The van der Waals surface area contributed by atoms with Crippen molar-refractivity contribution < 1.29 is 14.6 Å². The predicted octanol–water partition coefficient (Wildman–Crippen LogP) is 2.09. The van der Waals surface area contributed by atoms with Crippen LogP contribution in [0.15, 0.2) is 22.7 Å². The van der Waals surface area contributed by atoms with Crippen LogP contribution < -0.4 is 10.1 Å². The summed E-state index contributed by atoms with van der Waals surface area (Å²) in [5, 5.41) is 13.7. The number of hydrogen-bond acceptors (Lipinski definition) is 4. The third-order valence-electron chi connectivity index (χ3n) is 3.44. The van der Waals surface area contributed by atoms with E-state index in [0.29, 0.717) is 39.1 Å². The van der Waals surface area contributed by atoms with Crippen molar-refractivity contribution in [1.82, 2.24) is 5.32 Å². The van der Waals surface area contributed by atoms with Crippen LogP contribution in [0.2, 0.25) is 0 Å². The summed E-state index contributed by atoms with van der Waals surface area (Å²) in [6.45, 7) is 2.52. The number of hydrogen-bond donors (Lipinski definition) is 2. The Kier molecular flexibility index (Phi) is 5.21. The molecule has 0 atom stereocenters. The number of benzene rings is 1. The lowest BCUT2D eigenvalue weighted by Crippen LogP contribution is -2.44. The second kappa shape index (κ2) is 6.70. The molecular formula is C14H20BrNO3. The van der Waals surface area contributed by atoms with Gasteiger partial charge in [-0.05, 0) is 18.2 Å². The molecule has 106 valence electrons. The van der Waals surface area contributed by atoms with Gasteiger partial charge >= 0.3 is 0 Å². The maximum atomic E-state index is 10.3. The molecule has 0 saturated carbocycles. The molecule has 1 fully saturated rings. The van der Waals surface area contributed by atoms with E-state index in [0.717, 1.165) is 15.8 Å². The number of halogens is 1. The average molecular weight is 330 g/mol. The van der Waals surface area contributed by atoms with E-state index < -0.39 is 5.60 Å². The highest BCUT2D eigenvalue weighted by atomic mass is 79.9. The van der Waals surface area contributed by atoms with E-state index in [1.165, 1.54) is 0 Å². The van der Waals surface area contributed by atoms with Gasteiger partial charge < -0.3 is 19.9 Å². The van der Waals surface area contributed by atoms with Crippen LogP contribution in [0.4, 0.5) is 0 Å². The first-order valence-corrected chi connectivity index (χ1v) is 7.25. The molecule has 0 radical (unpaired) electrons. The summed E-state index contributed by atoms with van der Waals surface area (Å²) in [6, 6.07) is 5.92. The zero-order valence-corrected chi connectivity index (χ0v) is 12.7. The molecule has 0 bridgehead atoms. The maximum absolute atomic E-state index is 10.3. The summed E-state index contributed by atoms with van der Waals surface area (Å²) >= 11 is 3.46. The molecule has 19 heavy (non-hydrogen) atoms. The Labute approximate surface area is 122 Å². The van der Waals surface area contributed by atoms with E-state index in [4.69, 9.17) is 9.47 Å². The maximum Gasteiger partial charge on any atom is 0.123 e. The normalized spacial score (nSPS) is 18.3. The Bertz CT molecular complexity index is 419.